The smallest absolute Gasteiger partial charge is 0.195 e. The highest BCUT2D eigenvalue weighted by molar-refractivity contribution is 7.24. The molecular weight excluding hydrogens is 284 g/mol. The Hall–Kier alpha value is -2.44. The number of hydrogen-bond donors (Lipinski definition) is 2. The van der Waals surface area contributed by atoms with E-state index in [1.807, 2.05) is 49.5 Å². The second kappa shape index (κ2) is 4.54. The summed E-state index contributed by atoms with van der Waals surface area (Å²) in [6.45, 7) is 0. The minimum atomic E-state index is 0.0856. The van der Waals surface area contributed by atoms with E-state index in [-0.39, 0.29) is 5.43 Å². The predicted octanol–water partition coefficient (Wildman–Crippen LogP) is 2.03. The molecule has 1 aliphatic rings. The summed E-state index contributed by atoms with van der Waals surface area (Å²) in [6, 6.07) is 13.5. The van der Waals surface area contributed by atoms with Gasteiger partial charge in [-0.25, -0.2) is 5.53 Å². The molecule has 0 amide bonds. The van der Waals surface area contributed by atoms with Gasteiger partial charge in [0.05, 0.1) is 0 Å². The third kappa shape index (κ3) is 1.96. The van der Waals surface area contributed by atoms with Crippen LogP contribution < -0.4 is 16.4 Å². The van der Waals surface area contributed by atoms with Gasteiger partial charge in [0.15, 0.2) is 11.3 Å². The number of nitrogens with one attached hydrogen (secondary N) is 2. The lowest BCUT2D eigenvalue weighted by Crippen LogP contribution is -2.37. The van der Waals surface area contributed by atoms with E-state index in [0.717, 1.165) is 31.6 Å². The van der Waals surface area contributed by atoms with Crippen molar-refractivity contribution in [1.29, 1.82) is 0 Å². The lowest BCUT2D eigenvalue weighted by molar-refractivity contribution is 0.232. The van der Waals surface area contributed by atoms with E-state index in [1.54, 1.807) is 16.5 Å². The van der Waals surface area contributed by atoms with E-state index < -0.39 is 0 Å². The highest BCUT2D eigenvalue weighted by atomic mass is 32.1. The zero-order chi connectivity index (χ0) is 14.4. The lowest BCUT2D eigenvalue weighted by Gasteiger charge is -2.08. The first-order valence-electron chi connectivity index (χ1n) is 6.52. The lowest BCUT2D eigenvalue weighted by atomic mass is 10.1. The van der Waals surface area contributed by atoms with Crippen LogP contribution in [0, 0.1) is 0 Å². The molecule has 104 valence electrons. The second-order valence-electron chi connectivity index (χ2n) is 4.87. The van der Waals surface area contributed by atoms with Gasteiger partial charge in [0, 0.05) is 32.8 Å². The van der Waals surface area contributed by atoms with Crippen molar-refractivity contribution in [3.63, 3.8) is 0 Å². The summed E-state index contributed by atoms with van der Waals surface area (Å²) < 4.78 is 1.97. The summed E-state index contributed by atoms with van der Waals surface area (Å²) >= 11 is 1.62. The molecule has 1 aromatic heterocycles. The van der Waals surface area contributed by atoms with Crippen molar-refractivity contribution in [2.24, 2.45) is 5.10 Å². The van der Waals surface area contributed by atoms with Gasteiger partial charge in [-0.1, -0.05) is 18.2 Å². The van der Waals surface area contributed by atoms with E-state index in [2.05, 4.69) is 16.1 Å². The van der Waals surface area contributed by atoms with Crippen molar-refractivity contribution in [2.45, 2.75) is 0 Å². The summed E-state index contributed by atoms with van der Waals surface area (Å²) in [5.74, 6) is 0.743. The topological polar surface area (TPSA) is 56.7 Å². The van der Waals surface area contributed by atoms with E-state index in [0.29, 0.717) is 0 Å². The fourth-order valence-electron chi connectivity index (χ4n) is 2.41. The van der Waals surface area contributed by atoms with Crippen LogP contribution in [0.25, 0.3) is 20.2 Å². The molecule has 21 heavy (non-hydrogen) atoms. The summed E-state index contributed by atoms with van der Waals surface area (Å²) in [7, 11) is 1.84. The van der Waals surface area contributed by atoms with Gasteiger partial charge in [0.1, 0.15) is 0 Å². The molecule has 0 bridgehead atoms. The number of hydrogen-bond acceptors (Lipinski definition) is 6. The fraction of sp³-hybridized carbons (Fsp3) is 0.0667. The predicted molar refractivity (Wildman–Crippen MR) is 86.2 cm³/mol. The first-order valence-corrected chi connectivity index (χ1v) is 7.34. The van der Waals surface area contributed by atoms with E-state index in [9.17, 15) is 4.79 Å². The molecule has 0 aliphatic carbocycles. The molecule has 0 fully saturated rings. The number of nitrogens with zero attached hydrogens (tertiary/aromatic N) is 2. The van der Waals surface area contributed by atoms with Gasteiger partial charge in [-0.05, 0) is 24.3 Å². The summed E-state index contributed by atoms with van der Waals surface area (Å²) in [4.78, 5) is 12.5. The average Bonchev–Trinajstić information content (AvgIpc) is 2.94. The summed E-state index contributed by atoms with van der Waals surface area (Å²) in [5.41, 5.74) is 6.93. The second-order valence-corrected chi connectivity index (χ2v) is 5.95. The van der Waals surface area contributed by atoms with Crippen LogP contribution in [0.2, 0.25) is 0 Å². The Balaban J connectivity index is 1.96. The molecule has 0 spiro atoms. The maximum absolute atomic E-state index is 12.5. The highest BCUT2D eigenvalue weighted by Gasteiger charge is 2.14. The Morgan fingerprint density at radius 1 is 1.10 bits per heavy atom. The minimum Gasteiger partial charge on any atom is -0.289 e. The number of rotatable bonds is 1. The minimum absolute atomic E-state index is 0.0856. The van der Waals surface area contributed by atoms with Crippen LogP contribution >= 0.6 is 11.3 Å². The van der Waals surface area contributed by atoms with Crippen molar-refractivity contribution < 1.29 is 0 Å². The van der Waals surface area contributed by atoms with Crippen LogP contribution in [-0.4, -0.2) is 18.0 Å². The van der Waals surface area contributed by atoms with Gasteiger partial charge in [0.2, 0.25) is 0 Å². The normalized spacial score (nSPS) is 15.0. The Labute approximate surface area is 124 Å². The fourth-order valence-corrected chi connectivity index (χ4v) is 3.52. The average molecular weight is 296 g/mol. The van der Waals surface area contributed by atoms with E-state index in [1.165, 1.54) is 0 Å². The Bertz CT molecular complexity index is 947. The van der Waals surface area contributed by atoms with Crippen molar-refractivity contribution in [3.8, 4) is 0 Å². The van der Waals surface area contributed by atoms with Gasteiger partial charge in [0.25, 0.3) is 0 Å². The molecule has 3 aromatic rings. The molecule has 5 nitrogen and oxygen atoms in total. The zero-order valence-electron chi connectivity index (χ0n) is 11.3. The van der Waals surface area contributed by atoms with Gasteiger partial charge < -0.3 is 0 Å². The van der Waals surface area contributed by atoms with Gasteiger partial charge >= 0.3 is 0 Å². The third-order valence-electron chi connectivity index (χ3n) is 3.44. The van der Waals surface area contributed by atoms with Crippen molar-refractivity contribution in [3.05, 3.63) is 58.3 Å². The van der Waals surface area contributed by atoms with Crippen LogP contribution in [0.5, 0.6) is 0 Å². The SMILES string of the molecule is CN1NN=C(c2ccc3c(=O)c4ccccc4sc3c2)N1. The van der Waals surface area contributed by atoms with Gasteiger partial charge in [-0.2, -0.15) is 0 Å². The quantitative estimate of drug-likeness (QED) is 0.675. The van der Waals surface area contributed by atoms with E-state index >= 15 is 0 Å². The molecule has 0 atom stereocenters. The maximum atomic E-state index is 12.5. The molecule has 0 radical (unpaired) electrons. The number of hydrazine groups is 2. The summed E-state index contributed by atoms with van der Waals surface area (Å²) in [6.07, 6.45) is 0. The van der Waals surface area contributed by atoms with Crippen molar-refractivity contribution in [2.75, 3.05) is 7.05 Å². The molecule has 2 heterocycles. The zero-order valence-corrected chi connectivity index (χ0v) is 12.1. The molecule has 2 N–H and O–H groups in total. The van der Waals surface area contributed by atoms with Crippen LogP contribution in [0.3, 0.4) is 0 Å². The number of fused-ring (bicyclic) bond motifs is 2. The number of hydrazone groups is 1. The molecule has 6 heteroatoms. The highest BCUT2D eigenvalue weighted by Crippen LogP contribution is 2.25. The molecular formula is C15H12N4OS. The molecule has 2 aromatic carbocycles. The molecule has 1 aliphatic heterocycles. The first kappa shape index (κ1) is 12.3. The Morgan fingerprint density at radius 3 is 2.71 bits per heavy atom. The Morgan fingerprint density at radius 2 is 1.90 bits per heavy atom. The number of benzene rings is 2. The third-order valence-corrected chi connectivity index (χ3v) is 4.57. The van der Waals surface area contributed by atoms with E-state index in [4.69, 9.17) is 0 Å². The van der Waals surface area contributed by atoms with Crippen LogP contribution in [0.1, 0.15) is 5.56 Å². The summed E-state index contributed by atoms with van der Waals surface area (Å²) in [5, 5.41) is 7.39. The van der Waals surface area contributed by atoms with Crippen LogP contribution in [0.4, 0.5) is 0 Å². The Kier molecular flexibility index (Phi) is 2.66. The number of amidine groups is 1. The maximum Gasteiger partial charge on any atom is 0.195 e. The monoisotopic (exact) mass is 296 g/mol. The molecule has 0 saturated heterocycles. The van der Waals surface area contributed by atoms with Crippen LogP contribution in [-0.2, 0) is 0 Å². The molecule has 0 unspecified atom stereocenters. The first-order chi connectivity index (χ1) is 10.2. The molecule has 0 saturated carbocycles. The van der Waals surface area contributed by atoms with Gasteiger partial charge in [-0.3, -0.25) is 10.2 Å². The largest absolute Gasteiger partial charge is 0.289 e. The standard InChI is InChI=1S/C15H12N4OS/c1-19-17-15(16-18-19)9-6-7-11-13(8-9)21-12-5-3-2-4-10(12)14(11)20/h2-8,18H,1H3,(H,16,17). The van der Waals surface area contributed by atoms with Crippen molar-refractivity contribution >= 4 is 37.3 Å². The van der Waals surface area contributed by atoms with Crippen molar-refractivity contribution in [1.82, 2.24) is 16.1 Å². The van der Waals surface area contributed by atoms with Gasteiger partial charge in [-0.15, -0.1) is 21.6 Å². The molecule has 4 rings (SSSR count). The van der Waals surface area contributed by atoms with Crippen LogP contribution in [0.15, 0.2) is 52.4 Å².